The fraction of sp³-hybridized carbons (Fsp3) is 0.294. The van der Waals surface area contributed by atoms with Crippen molar-refractivity contribution in [3.63, 3.8) is 0 Å². The average molecular weight is 649 g/mol. The highest BCUT2D eigenvalue weighted by Crippen LogP contribution is 2.35. The van der Waals surface area contributed by atoms with Crippen LogP contribution in [0.2, 0.25) is 0 Å². The first-order valence-corrected chi connectivity index (χ1v) is 15.7. The van der Waals surface area contributed by atoms with Crippen molar-refractivity contribution in [3.05, 3.63) is 94.9 Å². The van der Waals surface area contributed by atoms with Gasteiger partial charge in [-0.3, -0.25) is 0 Å². The number of urea groups is 1. The van der Waals surface area contributed by atoms with Crippen LogP contribution in [0.5, 0.6) is 5.75 Å². The highest BCUT2D eigenvalue weighted by molar-refractivity contribution is 8.14. The summed E-state index contributed by atoms with van der Waals surface area (Å²) in [5.41, 5.74) is 8.39. The molecule has 1 saturated heterocycles. The van der Waals surface area contributed by atoms with Crippen molar-refractivity contribution in [1.82, 2.24) is 20.1 Å². The minimum absolute atomic E-state index is 0.212. The van der Waals surface area contributed by atoms with Gasteiger partial charge in [-0.25, -0.2) is 14.5 Å². The van der Waals surface area contributed by atoms with Crippen LogP contribution in [-0.2, 0) is 0 Å². The Labute approximate surface area is 270 Å². The molecule has 12 heteroatoms. The van der Waals surface area contributed by atoms with E-state index in [0.717, 1.165) is 45.7 Å². The SMILES string of the molecule is C/C(NC(=O)N=C1SCCC(C)N1c1c(C)cc(C)cc1C)=C(/C)c1ccc(-c2ncn(-c3ccc(OC(F)(F)F)cc3)n2)cc1. The molecule has 1 aliphatic heterocycles. The lowest BCUT2D eigenvalue weighted by molar-refractivity contribution is -0.274. The Hall–Kier alpha value is -4.58. The molecule has 0 bridgehead atoms. The predicted octanol–water partition coefficient (Wildman–Crippen LogP) is 8.61. The molecule has 1 unspecified atom stereocenters. The molecule has 3 aromatic carbocycles. The van der Waals surface area contributed by atoms with Gasteiger partial charge in [0.2, 0.25) is 0 Å². The summed E-state index contributed by atoms with van der Waals surface area (Å²) in [6, 6.07) is 17.1. The van der Waals surface area contributed by atoms with Crippen molar-refractivity contribution in [2.24, 2.45) is 4.99 Å². The topological polar surface area (TPSA) is 84.6 Å². The number of benzene rings is 3. The van der Waals surface area contributed by atoms with Gasteiger partial charge in [-0.05, 0) is 94.5 Å². The standard InChI is InChI=1S/C34H35F3N6O2S/c1-20-17-21(2)30(22(3)18-20)43-23(4)15-16-46-33(43)40-32(44)39-25(6)24(5)26-7-9-27(10-8-26)31-38-19-42(41-31)28-11-13-29(14-12-28)45-34(35,36)37/h7-14,17-19,23H,15-16H2,1-6H3,(H,39,44)/b25-24+,40-33?. The highest BCUT2D eigenvalue weighted by atomic mass is 32.2. The molecule has 2 amide bonds. The third-order valence-corrected chi connectivity index (χ3v) is 8.73. The highest BCUT2D eigenvalue weighted by Gasteiger charge is 2.31. The first-order valence-electron chi connectivity index (χ1n) is 14.7. The quantitative estimate of drug-likeness (QED) is 0.225. The number of halogens is 3. The minimum Gasteiger partial charge on any atom is -0.406 e. The molecule has 1 atom stereocenters. The number of amidine groups is 1. The summed E-state index contributed by atoms with van der Waals surface area (Å²) in [7, 11) is 0. The van der Waals surface area contributed by atoms with E-state index in [-0.39, 0.29) is 11.8 Å². The minimum atomic E-state index is -4.75. The number of nitrogens with one attached hydrogen (secondary N) is 1. The van der Waals surface area contributed by atoms with Crippen molar-refractivity contribution in [2.45, 2.75) is 60.4 Å². The Balaban J connectivity index is 1.29. The van der Waals surface area contributed by atoms with Gasteiger partial charge in [0.05, 0.1) is 5.69 Å². The van der Waals surface area contributed by atoms with Crippen molar-refractivity contribution < 1.29 is 22.7 Å². The lowest BCUT2D eigenvalue weighted by Crippen LogP contribution is -2.43. The molecule has 46 heavy (non-hydrogen) atoms. The number of rotatable bonds is 6. The van der Waals surface area contributed by atoms with Gasteiger partial charge in [-0.15, -0.1) is 18.3 Å². The number of carbonyl (C=O) groups is 1. The monoisotopic (exact) mass is 648 g/mol. The Kier molecular flexibility index (Phi) is 9.57. The molecule has 8 nitrogen and oxygen atoms in total. The summed E-state index contributed by atoms with van der Waals surface area (Å²) in [5.74, 6) is 1.03. The summed E-state index contributed by atoms with van der Waals surface area (Å²) >= 11 is 1.59. The molecule has 1 N–H and O–H groups in total. The molecule has 240 valence electrons. The van der Waals surface area contributed by atoms with E-state index in [4.69, 9.17) is 0 Å². The van der Waals surface area contributed by atoms with Crippen LogP contribution in [0.15, 0.2) is 77.7 Å². The molecule has 0 spiro atoms. The lowest BCUT2D eigenvalue weighted by Gasteiger charge is -2.37. The molecule has 0 radical (unpaired) electrons. The molecule has 1 fully saturated rings. The number of amides is 2. The van der Waals surface area contributed by atoms with Crippen molar-refractivity contribution in [2.75, 3.05) is 10.7 Å². The van der Waals surface area contributed by atoms with Crippen LogP contribution < -0.4 is 15.0 Å². The van der Waals surface area contributed by atoms with E-state index in [1.54, 1.807) is 11.8 Å². The molecule has 0 aliphatic carbocycles. The van der Waals surface area contributed by atoms with E-state index in [1.807, 2.05) is 38.1 Å². The summed E-state index contributed by atoms with van der Waals surface area (Å²) in [6.45, 7) is 12.2. The third kappa shape index (κ3) is 7.61. The van der Waals surface area contributed by atoms with Gasteiger partial charge in [0.15, 0.2) is 11.0 Å². The van der Waals surface area contributed by atoms with E-state index in [1.165, 1.54) is 40.8 Å². The second-order valence-corrected chi connectivity index (χ2v) is 12.4. The number of hydrogen-bond donors (Lipinski definition) is 1. The molecule has 0 saturated carbocycles. The molecule has 2 heterocycles. The first kappa shape index (κ1) is 32.8. The van der Waals surface area contributed by atoms with E-state index < -0.39 is 12.4 Å². The maximum atomic E-state index is 13.2. The lowest BCUT2D eigenvalue weighted by atomic mass is 10.0. The average Bonchev–Trinajstić information content (AvgIpc) is 3.48. The van der Waals surface area contributed by atoms with E-state index in [9.17, 15) is 18.0 Å². The van der Waals surface area contributed by atoms with E-state index in [0.29, 0.717) is 22.4 Å². The Morgan fingerprint density at radius 3 is 2.30 bits per heavy atom. The second kappa shape index (κ2) is 13.4. The van der Waals surface area contributed by atoms with Crippen LogP contribution >= 0.6 is 11.8 Å². The predicted molar refractivity (Wildman–Crippen MR) is 177 cm³/mol. The number of alkyl halides is 3. The number of thioether (sulfide) groups is 1. The second-order valence-electron chi connectivity index (χ2n) is 11.3. The molecule has 1 aliphatic rings. The Bertz CT molecular complexity index is 1770. The van der Waals surface area contributed by atoms with Crippen molar-refractivity contribution in [3.8, 4) is 22.8 Å². The number of allylic oxidation sites excluding steroid dienone is 2. The molecule has 4 aromatic rings. The number of hydrogen-bond acceptors (Lipinski definition) is 5. The van der Waals surface area contributed by atoms with Gasteiger partial charge in [0.25, 0.3) is 0 Å². The molecule has 1 aromatic heterocycles. The maximum absolute atomic E-state index is 13.2. The number of carbonyl (C=O) groups excluding carboxylic acids is 1. The number of aryl methyl sites for hydroxylation is 3. The molecular formula is C34H35F3N6O2S. The smallest absolute Gasteiger partial charge is 0.406 e. The summed E-state index contributed by atoms with van der Waals surface area (Å²) in [6.07, 6.45) is -2.27. The van der Waals surface area contributed by atoms with Crippen LogP contribution in [0.3, 0.4) is 0 Å². The largest absolute Gasteiger partial charge is 0.573 e. The third-order valence-electron chi connectivity index (χ3n) is 7.75. The number of aliphatic imine (C=N–C) groups is 1. The van der Waals surface area contributed by atoms with Gasteiger partial charge in [-0.2, -0.15) is 4.99 Å². The number of ether oxygens (including phenoxy) is 1. The van der Waals surface area contributed by atoms with Crippen LogP contribution in [0, 0.1) is 20.8 Å². The number of nitrogens with zero attached hydrogens (tertiary/aromatic N) is 5. The van der Waals surface area contributed by atoms with E-state index in [2.05, 4.69) is 69.9 Å². The van der Waals surface area contributed by atoms with Crippen molar-refractivity contribution in [1.29, 1.82) is 0 Å². The van der Waals surface area contributed by atoms with Gasteiger partial charge in [0, 0.05) is 28.7 Å². The van der Waals surface area contributed by atoms with Crippen LogP contribution in [0.1, 0.15) is 49.4 Å². The zero-order valence-corrected chi connectivity index (χ0v) is 27.3. The van der Waals surface area contributed by atoms with Gasteiger partial charge in [0.1, 0.15) is 12.1 Å². The molecule has 5 rings (SSSR count). The van der Waals surface area contributed by atoms with E-state index >= 15 is 0 Å². The zero-order valence-electron chi connectivity index (χ0n) is 26.4. The normalized spacial score (nSPS) is 16.8. The van der Waals surface area contributed by atoms with Gasteiger partial charge >= 0.3 is 12.4 Å². The first-order chi connectivity index (χ1) is 21.8. The van der Waals surface area contributed by atoms with Crippen LogP contribution in [-0.4, -0.2) is 44.1 Å². The summed E-state index contributed by atoms with van der Waals surface area (Å²) in [5, 5.41) is 8.10. The fourth-order valence-corrected chi connectivity index (χ4v) is 6.64. The maximum Gasteiger partial charge on any atom is 0.573 e. The number of anilines is 1. The fourth-order valence-electron chi connectivity index (χ4n) is 5.44. The van der Waals surface area contributed by atoms with Gasteiger partial charge < -0.3 is 15.0 Å². The molecular weight excluding hydrogens is 613 g/mol. The van der Waals surface area contributed by atoms with Crippen LogP contribution in [0.25, 0.3) is 22.6 Å². The summed E-state index contributed by atoms with van der Waals surface area (Å²) < 4.78 is 42.8. The van der Waals surface area contributed by atoms with Crippen LogP contribution in [0.4, 0.5) is 23.7 Å². The van der Waals surface area contributed by atoms with Gasteiger partial charge in [-0.1, -0.05) is 53.7 Å². The van der Waals surface area contributed by atoms with Crippen molar-refractivity contribution >= 4 is 34.2 Å². The number of aromatic nitrogens is 3. The zero-order chi connectivity index (χ0) is 33.2. The Morgan fingerprint density at radius 2 is 1.67 bits per heavy atom. The summed E-state index contributed by atoms with van der Waals surface area (Å²) in [4.78, 5) is 24.2. The Morgan fingerprint density at radius 1 is 1.02 bits per heavy atom.